The van der Waals surface area contributed by atoms with Gasteiger partial charge in [-0.05, 0) is 6.07 Å². The van der Waals surface area contributed by atoms with Gasteiger partial charge in [-0.2, -0.15) is 0 Å². The van der Waals surface area contributed by atoms with Crippen LogP contribution in [0.5, 0.6) is 5.75 Å². The van der Waals surface area contributed by atoms with Gasteiger partial charge in [-0.1, -0.05) is 0 Å². The van der Waals surface area contributed by atoms with Gasteiger partial charge in [-0.3, -0.25) is 4.79 Å². The van der Waals surface area contributed by atoms with Gasteiger partial charge in [0.2, 0.25) is 0 Å². The molecule has 1 aliphatic rings. The van der Waals surface area contributed by atoms with Gasteiger partial charge in [0.1, 0.15) is 11.6 Å². The van der Waals surface area contributed by atoms with Gasteiger partial charge in [-0.15, -0.1) is 0 Å². The maximum Gasteiger partial charge on any atom is 0.257 e. The third-order valence-electron chi connectivity index (χ3n) is 2.85. The maximum absolute atomic E-state index is 13.4. The Balaban J connectivity index is 2.31. The van der Waals surface area contributed by atoms with Crippen LogP contribution in [0, 0.1) is 5.82 Å². The third kappa shape index (κ3) is 2.38. The number of hydrogen-bond donors (Lipinski definition) is 1. The van der Waals surface area contributed by atoms with Crippen LogP contribution in [0.2, 0.25) is 0 Å². The van der Waals surface area contributed by atoms with Gasteiger partial charge >= 0.3 is 0 Å². The highest BCUT2D eigenvalue weighted by Gasteiger charge is 2.23. The molecular weight excluding hydrogens is 239 g/mol. The first-order valence-electron chi connectivity index (χ1n) is 5.63. The molecule has 1 saturated heterocycles. The predicted octanol–water partition coefficient (Wildman–Crippen LogP) is 0.889. The summed E-state index contributed by atoms with van der Waals surface area (Å²) in [5.41, 5.74) is 5.59. The summed E-state index contributed by atoms with van der Waals surface area (Å²) >= 11 is 0. The van der Waals surface area contributed by atoms with Crippen molar-refractivity contribution >= 4 is 11.6 Å². The molecule has 6 heteroatoms. The van der Waals surface area contributed by atoms with Crippen molar-refractivity contribution in [3.63, 3.8) is 0 Å². The SMILES string of the molecule is COc1cc(N)c(F)cc1C(=O)N1CCOCC1. The quantitative estimate of drug-likeness (QED) is 0.796. The molecule has 1 amide bonds. The zero-order valence-electron chi connectivity index (χ0n) is 10.1. The largest absolute Gasteiger partial charge is 0.496 e. The lowest BCUT2D eigenvalue weighted by molar-refractivity contribution is 0.0300. The molecule has 0 bridgehead atoms. The molecule has 1 aromatic rings. The number of anilines is 1. The van der Waals surface area contributed by atoms with Gasteiger partial charge in [0.05, 0.1) is 31.6 Å². The van der Waals surface area contributed by atoms with E-state index in [2.05, 4.69) is 0 Å². The number of methoxy groups -OCH3 is 1. The Bertz CT molecular complexity index is 459. The number of hydrogen-bond acceptors (Lipinski definition) is 4. The van der Waals surface area contributed by atoms with Crippen molar-refractivity contribution in [2.24, 2.45) is 0 Å². The number of halogens is 1. The van der Waals surface area contributed by atoms with E-state index in [0.29, 0.717) is 26.3 Å². The van der Waals surface area contributed by atoms with E-state index in [4.69, 9.17) is 15.2 Å². The van der Waals surface area contributed by atoms with Gasteiger partial charge < -0.3 is 20.1 Å². The topological polar surface area (TPSA) is 64.8 Å². The highest BCUT2D eigenvalue weighted by molar-refractivity contribution is 5.97. The van der Waals surface area contributed by atoms with Crippen LogP contribution in [0.25, 0.3) is 0 Å². The number of benzene rings is 1. The first-order chi connectivity index (χ1) is 8.63. The standard InChI is InChI=1S/C12H15FN2O3/c1-17-11-7-10(14)9(13)6-8(11)12(16)15-2-4-18-5-3-15/h6-7H,2-5,14H2,1H3. The molecule has 0 saturated carbocycles. The molecule has 1 heterocycles. The smallest absolute Gasteiger partial charge is 0.257 e. The van der Waals surface area contributed by atoms with Crippen LogP contribution in [0.1, 0.15) is 10.4 Å². The first kappa shape index (κ1) is 12.6. The van der Waals surface area contributed by atoms with E-state index in [1.165, 1.54) is 13.2 Å². The molecule has 0 spiro atoms. The molecule has 2 rings (SSSR count). The summed E-state index contributed by atoms with van der Waals surface area (Å²) in [4.78, 5) is 13.8. The number of morpholine rings is 1. The van der Waals surface area contributed by atoms with E-state index >= 15 is 0 Å². The predicted molar refractivity (Wildman–Crippen MR) is 64.1 cm³/mol. The lowest BCUT2D eigenvalue weighted by atomic mass is 10.1. The van der Waals surface area contributed by atoms with Gasteiger partial charge in [-0.25, -0.2) is 4.39 Å². The normalized spacial score (nSPS) is 15.6. The minimum Gasteiger partial charge on any atom is -0.496 e. The van der Waals surface area contributed by atoms with Crippen molar-refractivity contribution in [1.29, 1.82) is 0 Å². The Kier molecular flexibility index (Phi) is 3.66. The van der Waals surface area contributed by atoms with Crippen molar-refractivity contribution in [2.45, 2.75) is 0 Å². The van der Waals surface area contributed by atoms with Gasteiger partial charge in [0, 0.05) is 19.2 Å². The summed E-state index contributed by atoms with van der Waals surface area (Å²) in [7, 11) is 1.42. The first-order valence-corrected chi connectivity index (χ1v) is 5.63. The molecule has 5 nitrogen and oxygen atoms in total. The number of nitrogens with zero attached hydrogens (tertiary/aromatic N) is 1. The Labute approximate surface area is 104 Å². The molecule has 0 unspecified atom stereocenters. The third-order valence-corrected chi connectivity index (χ3v) is 2.85. The second-order valence-electron chi connectivity index (χ2n) is 3.98. The fraction of sp³-hybridized carbons (Fsp3) is 0.417. The summed E-state index contributed by atoms with van der Waals surface area (Å²) in [6, 6.07) is 2.44. The van der Waals surface area contributed by atoms with E-state index < -0.39 is 5.82 Å². The Morgan fingerprint density at radius 3 is 2.72 bits per heavy atom. The summed E-state index contributed by atoms with van der Waals surface area (Å²) < 4.78 is 23.7. The lowest BCUT2D eigenvalue weighted by Crippen LogP contribution is -2.40. The van der Waals surface area contributed by atoms with Crippen molar-refractivity contribution < 1.29 is 18.7 Å². The summed E-state index contributed by atoms with van der Waals surface area (Å²) in [6.07, 6.45) is 0. The summed E-state index contributed by atoms with van der Waals surface area (Å²) in [6.45, 7) is 1.97. The number of carbonyl (C=O) groups excluding carboxylic acids is 1. The van der Waals surface area contributed by atoms with Crippen LogP contribution >= 0.6 is 0 Å². The van der Waals surface area contributed by atoms with Crippen molar-refractivity contribution in [3.8, 4) is 5.75 Å². The second-order valence-corrected chi connectivity index (χ2v) is 3.98. The molecule has 0 radical (unpaired) electrons. The second kappa shape index (κ2) is 5.22. The number of carbonyl (C=O) groups is 1. The lowest BCUT2D eigenvalue weighted by Gasteiger charge is -2.27. The van der Waals surface area contributed by atoms with Crippen molar-refractivity contribution in [1.82, 2.24) is 4.90 Å². The van der Waals surface area contributed by atoms with Crippen LogP contribution in [-0.4, -0.2) is 44.2 Å². The average Bonchev–Trinajstić information content (AvgIpc) is 2.41. The van der Waals surface area contributed by atoms with Crippen LogP contribution < -0.4 is 10.5 Å². The fourth-order valence-electron chi connectivity index (χ4n) is 1.84. The Hall–Kier alpha value is -1.82. The van der Waals surface area contributed by atoms with E-state index in [1.807, 2.05) is 0 Å². The molecule has 0 aromatic heterocycles. The van der Waals surface area contributed by atoms with Gasteiger partial charge in [0.15, 0.2) is 0 Å². The van der Waals surface area contributed by atoms with Crippen LogP contribution in [0.4, 0.5) is 10.1 Å². The summed E-state index contributed by atoms with van der Waals surface area (Å²) in [5, 5.41) is 0. The number of rotatable bonds is 2. The van der Waals surface area contributed by atoms with Crippen molar-refractivity contribution in [3.05, 3.63) is 23.5 Å². The monoisotopic (exact) mass is 254 g/mol. The van der Waals surface area contributed by atoms with Gasteiger partial charge in [0.25, 0.3) is 5.91 Å². The highest BCUT2D eigenvalue weighted by Crippen LogP contribution is 2.26. The molecular formula is C12H15FN2O3. The number of ether oxygens (including phenoxy) is 2. The van der Waals surface area contributed by atoms with Crippen LogP contribution in [0.3, 0.4) is 0 Å². The number of nitrogen functional groups attached to an aromatic ring is 1. The summed E-state index contributed by atoms with van der Waals surface area (Å²) in [5.74, 6) is -0.605. The number of nitrogens with two attached hydrogens (primary N) is 1. The Morgan fingerprint density at radius 1 is 1.44 bits per heavy atom. The Morgan fingerprint density at radius 2 is 2.11 bits per heavy atom. The van der Waals surface area contributed by atoms with E-state index in [-0.39, 0.29) is 22.9 Å². The minimum atomic E-state index is -0.618. The van der Waals surface area contributed by atoms with E-state index in [0.717, 1.165) is 6.07 Å². The fourth-order valence-corrected chi connectivity index (χ4v) is 1.84. The van der Waals surface area contributed by atoms with Crippen LogP contribution in [0.15, 0.2) is 12.1 Å². The zero-order chi connectivity index (χ0) is 13.1. The minimum absolute atomic E-state index is 0.0367. The zero-order valence-corrected chi connectivity index (χ0v) is 10.1. The molecule has 1 aromatic carbocycles. The van der Waals surface area contributed by atoms with Crippen molar-refractivity contribution in [2.75, 3.05) is 39.1 Å². The maximum atomic E-state index is 13.4. The number of amides is 1. The molecule has 2 N–H and O–H groups in total. The average molecular weight is 254 g/mol. The molecule has 0 atom stereocenters. The molecule has 1 fully saturated rings. The van der Waals surface area contributed by atoms with Crippen LogP contribution in [-0.2, 0) is 4.74 Å². The molecule has 1 aliphatic heterocycles. The molecule has 98 valence electrons. The highest BCUT2D eigenvalue weighted by atomic mass is 19.1. The van der Waals surface area contributed by atoms with E-state index in [9.17, 15) is 9.18 Å². The van der Waals surface area contributed by atoms with E-state index in [1.54, 1.807) is 4.90 Å². The molecule has 18 heavy (non-hydrogen) atoms. The molecule has 0 aliphatic carbocycles.